The van der Waals surface area contributed by atoms with Crippen LogP contribution in [0.5, 0.6) is 5.75 Å². The number of nitrogen functional groups attached to an aromatic ring is 1. The maximum absolute atomic E-state index is 11.8. The maximum atomic E-state index is 11.8. The van der Waals surface area contributed by atoms with Crippen molar-refractivity contribution in [2.45, 2.75) is 0 Å². The van der Waals surface area contributed by atoms with Crippen molar-refractivity contribution >= 4 is 23.4 Å². The number of thioether (sulfide) groups is 1. The lowest BCUT2D eigenvalue weighted by atomic mass is 10.2. The average molecular weight is 266 g/mol. The van der Waals surface area contributed by atoms with E-state index in [9.17, 15) is 4.79 Å². The van der Waals surface area contributed by atoms with Crippen LogP contribution in [0, 0.1) is 0 Å². The second-order valence-corrected chi connectivity index (χ2v) is 4.76. The van der Waals surface area contributed by atoms with Crippen LogP contribution in [0.15, 0.2) is 30.9 Å². The molecule has 1 amide bonds. The Morgan fingerprint density at radius 1 is 1.56 bits per heavy atom. The Morgan fingerprint density at radius 2 is 2.33 bits per heavy atom. The van der Waals surface area contributed by atoms with E-state index < -0.39 is 0 Å². The van der Waals surface area contributed by atoms with Gasteiger partial charge in [-0.3, -0.25) is 4.79 Å². The van der Waals surface area contributed by atoms with Crippen molar-refractivity contribution < 1.29 is 9.53 Å². The normalized spacial score (nSPS) is 9.83. The molecule has 0 aliphatic carbocycles. The summed E-state index contributed by atoms with van der Waals surface area (Å²) in [6.45, 7) is 4.25. The summed E-state index contributed by atoms with van der Waals surface area (Å²) in [6, 6.07) is 4.98. The third kappa shape index (κ3) is 4.71. The average Bonchev–Trinajstić information content (AvgIpc) is 2.37. The maximum Gasteiger partial charge on any atom is 0.251 e. The fourth-order valence-electron chi connectivity index (χ4n) is 1.38. The zero-order valence-electron chi connectivity index (χ0n) is 10.4. The van der Waals surface area contributed by atoms with Crippen LogP contribution in [-0.2, 0) is 0 Å². The number of nitrogens with one attached hydrogen (secondary N) is 1. The number of rotatable bonds is 7. The molecule has 3 N–H and O–H groups in total. The number of ether oxygens (including phenoxy) is 1. The molecule has 0 fully saturated rings. The van der Waals surface area contributed by atoms with E-state index >= 15 is 0 Å². The van der Waals surface area contributed by atoms with Gasteiger partial charge in [0.05, 0.1) is 7.11 Å². The molecule has 4 nitrogen and oxygen atoms in total. The number of hydrogen-bond acceptors (Lipinski definition) is 4. The summed E-state index contributed by atoms with van der Waals surface area (Å²) in [7, 11) is 1.54. The van der Waals surface area contributed by atoms with E-state index in [1.54, 1.807) is 37.1 Å². The quantitative estimate of drug-likeness (QED) is 0.449. The van der Waals surface area contributed by atoms with Crippen LogP contribution < -0.4 is 15.8 Å². The molecule has 0 aliphatic heterocycles. The van der Waals surface area contributed by atoms with Crippen molar-refractivity contribution in [3.8, 4) is 5.75 Å². The lowest BCUT2D eigenvalue weighted by Gasteiger charge is -2.07. The highest BCUT2D eigenvalue weighted by molar-refractivity contribution is 7.99. The second kappa shape index (κ2) is 7.66. The third-order valence-corrected chi connectivity index (χ3v) is 3.16. The zero-order chi connectivity index (χ0) is 13.4. The molecule has 0 atom stereocenters. The van der Waals surface area contributed by atoms with Crippen LogP contribution in [0.4, 0.5) is 5.69 Å². The number of methoxy groups -OCH3 is 1. The fourth-order valence-corrected chi connectivity index (χ4v) is 1.96. The predicted octanol–water partition coefficient (Wildman–Crippen LogP) is 1.93. The third-order valence-electron chi connectivity index (χ3n) is 2.19. The highest BCUT2D eigenvalue weighted by Crippen LogP contribution is 2.18. The predicted molar refractivity (Wildman–Crippen MR) is 77.3 cm³/mol. The smallest absolute Gasteiger partial charge is 0.251 e. The summed E-state index contributed by atoms with van der Waals surface area (Å²) in [5.41, 5.74) is 6.72. The van der Waals surface area contributed by atoms with E-state index in [4.69, 9.17) is 10.5 Å². The van der Waals surface area contributed by atoms with E-state index in [2.05, 4.69) is 11.9 Å². The van der Waals surface area contributed by atoms with Crippen molar-refractivity contribution in [2.75, 3.05) is 30.9 Å². The van der Waals surface area contributed by atoms with Gasteiger partial charge in [0.2, 0.25) is 0 Å². The Labute approximate surface area is 112 Å². The summed E-state index contributed by atoms with van der Waals surface area (Å²) >= 11 is 1.72. The number of amides is 1. The van der Waals surface area contributed by atoms with Gasteiger partial charge in [-0.2, -0.15) is 11.8 Å². The zero-order valence-corrected chi connectivity index (χ0v) is 11.3. The summed E-state index contributed by atoms with van der Waals surface area (Å²) in [5.74, 6) is 2.19. The van der Waals surface area contributed by atoms with Crippen molar-refractivity contribution in [3.63, 3.8) is 0 Å². The molecule has 1 aromatic carbocycles. The minimum absolute atomic E-state index is 0.139. The Kier molecular flexibility index (Phi) is 6.14. The Hall–Kier alpha value is -1.62. The van der Waals surface area contributed by atoms with Gasteiger partial charge in [-0.1, -0.05) is 6.08 Å². The molecule has 0 radical (unpaired) electrons. The Morgan fingerprint density at radius 3 is 3.00 bits per heavy atom. The second-order valence-electron chi connectivity index (χ2n) is 3.61. The molecule has 0 saturated heterocycles. The number of hydrogen-bond donors (Lipinski definition) is 2. The van der Waals surface area contributed by atoms with Gasteiger partial charge in [0, 0.05) is 35.4 Å². The van der Waals surface area contributed by atoms with Crippen LogP contribution in [-0.4, -0.2) is 31.1 Å². The van der Waals surface area contributed by atoms with E-state index in [1.807, 2.05) is 6.08 Å². The fraction of sp³-hybridized carbons (Fsp3) is 0.308. The lowest BCUT2D eigenvalue weighted by molar-refractivity contribution is 0.0956. The van der Waals surface area contributed by atoms with Crippen molar-refractivity contribution in [1.82, 2.24) is 5.32 Å². The number of carbonyl (C=O) groups is 1. The van der Waals surface area contributed by atoms with Crippen molar-refractivity contribution in [1.29, 1.82) is 0 Å². The first-order valence-corrected chi connectivity index (χ1v) is 6.74. The van der Waals surface area contributed by atoms with Crippen LogP contribution in [0.1, 0.15) is 10.4 Å². The molecule has 0 heterocycles. The molecule has 0 aliphatic rings. The Balaban J connectivity index is 2.50. The van der Waals surface area contributed by atoms with E-state index in [0.29, 0.717) is 23.5 Å². The number of benzene rings is 1. The van der Waals surface area contributed by atoms with Gasteiger partial charge in [-0.15, -0.1) is 6.58 Å². The van der Waals surface area contributed by atoms with Gasteiger partial charge in [-0.05, 0) is 12.1 Å². The number of anilines is 1. The summed E-state index contributed by atoms with van der Waals surface area (Å²) < 4.78 is 5.07. The Bertz CT molecular complexity index is 421. The summed E-state index contributed by atoms with van der Waals surface area (Å²) in [4.78, 5) is 11.8. The molecule has 1 rings (SSSR count). The summed E-state index contributed by atoms with van der Waals surface area (Å²) in [6.07, 6.45) is 1.84. The largest absolute Gasteiger partial charge is 0.497 e. The first-order chi connectivity index (χ1) is 8.67. The van der Waals surface area contributed by atoms with Crippen LogP contribution in [0.2, 0.25) is 0 Å². The van der Waals surface area contributed by atoms with E-state index in [0.717, 1.165) is 11.5 Å². The van der Waals surface area contributed by atoms with Gasteiger partial charge in [0.25, 0.3) is 5.91 Å². The van der Waals surface area contributed by atoms with E-state index in [-0.39, 0.29) is 5.91 Å². The molecule has 5 heteroatoms. The van der Waals surface area contributed by atoms with Gasteiger partial charge in [0.1, 0.15) is 5.75 Å². The van der Waals surface area contributed by atoms with Crippen LogP contribution in [0.3, 0.4) is 0 Å². The molecular weight excluding hydrogens is 248 g/mol. The highest BCUT2D eigenvalue weighted by Gasteiger charge is 2.07. The van der Waals surface area contributed by atoms with Gasteiger partial charge in [0.15, 0.2) is 0 Å². The van der Waals surface area contributed by atoms with Gasteiger partial charge < -0.3 is 15.8 Å². The first-order valence-electron chi connectivity index (χ1n) is 5.58. The number of carbonyl (C=O) groups excluding carboxylic acids is 1. The molecule has 0 saturated carbocycles. The van der Waals surface area contributed by atoms with Crippen molar-refractivity contribution in [3.05, 3.63) is 36.4 Å². The summed E-state index contributed by atoms with van der Waals surface area (Å²) in [5, 5.41) is 2.83. The molecule has 0 bridgehead atoms. The van der Waals surface area contributed by atoms with Crippen LogP contribution in [0.25, 0.3) is 0 Å². The molecule has 18 heavy (non-hydrogen) atoms. The van der Waals surface area contributed by atoms with Gasteiger partial charge in [-0.25, -0.2) is 0 Å². The highest BCUT2D eigenvalue weighted by atomic mass is 32.2. The van der Waals surface area contributed by atoms with Crippen molar-refractivity contribution in [2.24, 2.45) is 0 Å². The molecule has 98 valence electrons. The van der Waals surface area contributed by atoms with E-state index in [1.165, 1.54) is 0 Å². The molecule has 1 aromatic rings. The topological polar surface area (TPSA) is 64.4 Å². The SMILES string of the molecule is C=CCSCCNC(=O)c1cc(N)cc(OC)c1. The standard InChI is InChI=1S/C13H18N2O2S/c1-3-5-18-6-4-15-13(16)10-7-11(14)9-12(8-10)17-2/h3,7-9H,1,4-6,14H2,2H3,(H,15,16). The minimum Gasteiger partial charge on any atom is -0.497 e. The molecular formula is C13H18N2O2S. The van der Waals surface area contributed by atoms with Crippen LogP contribution >= 0.6 is 11.8 Å². The molecule has 0 spiro atoms. The van der Waals surface area contributed by atoms with Gasteiger partial charge >= 0.3 is 0 Å². The molecule has 0 aromatic heterocycles. The molecule has 0 unspecified atom stereocenters. The number of nitrogens with two attached hydrogens (primary N) is 1. The minimum atomic E-state index is -0.139. The first kappa shape index (κ1) is 14.4. The lowest BCUT2D eigenvalue weighted by Crippen LogP contribution is -2.25. The monoisotopic (exact) mass is 266 g/mol.